The first-order chi connectivity index (χ1) is 13.3. The van der Waals surface area contributed by atoms with Gasteiger partial charge >= 0.3 is 0 Å². The number of carbonyl (C=O) groups excluding carboxylic acids is 2. The third kappa shape index (κ3) is 4.59. The van der Waals surface area contributed by atoms with Gasteiger partial charge in [-0.3, -0.25) is 9.59 Å². The van der Waals surface area contributed by atoms with Gasteiger partial charge in [0.15, 0.2) is 0 Å². The normalized spacial score (nSPS) is 17.3. The standard InChI is InChI=1S/C20H24ClN5O2/c1-13(15-4-6-18(21)22-10-15)24-19-7-5-16(11-23-19)20(28)26-9-8-17(12-26)25(3)14(2)27/h4-7,10-11,13,17H,8-9,12H2,1-3H3,(H,23,24)/t13?,17-/m0/s1. The Bertz CT molecular complexity index is 841. The molecule has 0 bridgehead atoms. The first-order valence-corrected chi connectivity index (χ1v) is 9.59. The van der Waals surface area contributed by atoms with Gasteiger partial charge in [0.2, 0.25) is 5.91 Å². The topological polar surface area (TPSA) is 78.4 Å². The zero-order chi connectivity index (χ0) is 20.3. The van der Waals surface area contributed by atoms with Crippen LogP contribution in [-0.2, 0) is 4.79 Å². The molecule has 28 heavy (non-hydrogen) atoms. The van der Waals surface area contributed by atoms with Crippen LogP contribution < -0.4 is 5.32 Å². The molecule has 1 N–H and O–H groups in total. The number of halogens is 1. The van der Waals surface area contributed by atoms with Crippen molar-refractivity contribution in [2.45, 2.75) is 32.4 Å². The lowest BCUT2D eigenvalue weighted by molar-refractivity contribution is -0.129. The van der Waals surface area contributed by atoms with E-state index in [1.807, 2.05) is 13.0 Å². The first kappa shape index (κ1) is 20.1. The van der Waals surface area contributed by atoms with E-state index in [0.717, 1.165) is 12.0 Å². The molecule has 0 aromatic carbocycles. The molecule has 1 aliphatic heterocycles. The Morgan fingerprint density at radius 3 is 2.64 bits per heavy atom. The van der Waals surface area contributed by atoms with Crippen molar-refractivity contribution < 1.29 is 9.59 Å². The number of rotatable bonds is 5. The summed E-state index contributed by atoms with van der Waals surface area (Å²) in [6.07, 6.45) is 4.10. The molecule has 1 saturated heterocycles. The van der Waals surface area contributed by atoms with Crippen LogP contribution in [0.1, 0.15) is 42.2 Å². The summed E-state index contributed by atoms with van der Waals surface area (Å²) in [7, 11) is 1.78. The average molecular weight is 402 g/mol. The second kappa shape index (κ2) is 8.56. The van der Waals surface area contributed by atoms with Gasteiger partial charge in [-0.15, -0.1) is 0 Å². The number of amides is 2. The van der Waals surface area contributed by atoms with Crippen LogP contribution in [0.5, 0.6) is 0 Å². The molecule has 1 unspecified atom stereocenters. The summed E-state index contributed by atoms with van der Waals surface area (Å²) >= 11 is 5.82. The molecule has 2 atom stereocenters. The number of hydrogen-bond donors (Lipinski definition) is 1. The molecule has 1 fully saturated rings. The Kier molecular flexibility index (Phi) is 6.14. The lowest BCUT2D eigenvalue weighted by atomic mass is 10.1. The third-order valence-corrected chi connectivity index (χ3v) is 5.34. The van der Waals surface area contributed by atoms with E-state index in [4.69, 9.17) is 11.6 Å². The number of likely N-dealkylation sites (N-methyl/N-ethyl adjacent to an activating group) is 1. The lowest BCUT2D eigenvalue weighted by Crippen LogP contribution is -2.38. The van der Waals surface area contributed by atoms with E-state index >= 15 is 0 Å². The Morgan fingerprint density at radius 1 is 1.25 bits per heavy atom. The Morgan fingerprint density at radius 2 is 2.04 bits per heavy atom. The van der Waals surface area contributed by atoms with Gasteiger partial charge in [0.1, 0.15) is 11.0 Å². The Hall–Kier alpha value is -2.67. The molecule has 148 valence electrons. The van der Waals surface area contributed by atoms with Crippen LogP contribution >= 0.6 is 11.6 Å². The van der Waals surface area contributed by atoms with Gasteiger partial charge in [-0.25, -0.2) is 9.97 Å². The number of carbonyl (C=O) groups is 2. The van der Waals surface area contributed by atoms with E-state index in [9.17, 15) is 9.59 Å². The second-order valence-corrected chi connectivity index (χ2v) is 7.42. The Balaban J connectivity index is 1.60. The van der Waals surface area contributed by atoms with Crippen molar-refractivity contribution in [1.82, 2.24) is 19.8 Å². The van der Waals surface area contributed by atoms with Gasteiger partial charge in [-0.1, -0.05) is 17.7 Å². The monoisotopic (exact) mass is 401 g/mol. The summed E-state index contributed by atoms with van der Waals surface area (Å²) in [6.45, 7) is 4.74. The zero-order valence-corrected chi connectivity index (χ0v) is 17.0. The largest absolute Gasteiger partial charge is 0.363 e. The van der Waals surface area contributed by atoms with Gasteiger partial charge in [-0.2, -0.15) is 0 Å². The fraction of sp³-hybridized carbons (Fsp3) is 0.400. The van der Waals surface area contributed by atoms with Crippen LogP contribution in [0.3, 0.4) is 0 Å². The fourth-order valence-corrected chi connectivity index (χ4v) is 3.35. The van der Waals surface area contributed by atoms with Crippen molar-refractivity contribution >= 4 is 29.2 Å². The highest BCUT2D eigenvalue weighted by molar-refractivity contribution is 6.29. The highest BCUT2D eigenvalue weighted by atomic mass is 35.5. The van der Waals surface area contributed by atoms with Gasteiger partial charge in [-0.05, 0) is 37.1 Å². The van der Waals surface area contributed by atoms with E-state index in [2.05, 4.69) is 15.3 Å². The molecule has 0 aliphatic carbocycles. The number of nitrogens with zero attached hydrogens (tertiary/aromatic N) is 4. The number of likely N-dealkylation sites (tertiary alicyclic amines) is 1. The van der Waals surface area contributed by atoms with Crippen molar-refractivity contribution in [2.24, 2.45) is 0 Å². The SMILES string of the molecule is CC(=O)N(C)[C@H]1CCN(C(=O)c2ccc(NC(C)c3ccc(Cl)nc3)nc2)C1. The maximum atomic E-state index is 12.7. The predicted octanol–water partition coefficient (Wildman–Crippen LogP) is 3.00. The third-order valence-electron chi connectivity index (χ3n) is 5.12. The van der Waals surface area contributed by atoms with Crippen LogP contribution in [0, 0.1) is 0 Å². The molecule has 2 aromatic rings. The van der Waals surface area contributed by atoms with Crippen LogP contribution in [0.4, 0.5) is 5.82 Å². The van der Waals surface area contributed by atoms with E-state index < -0.39 is 0 Å². The predicted molar refractivity (Wildman–Crippen MR) is 108 cm³/mol. The summed E-state index contributed by atoms with van der Waals surface area (Å²) in [4.78, 5) is 36.2. The summed E-state index contributed by atoms with van der Waals surface area (Å²) < 4.78 is 0. The minimum absolute atomic E-state index is 0.000256. The molecule has 1 aliphatic rings. The van der Waals surface area contributed by atoms with Gasteiger partial charge in [0.25, 0.3) is 5.91 Å². The molecule has 2 aromatic heterocycles. The summed E-state index contributed by atoms with van der Waals surface area (Å²) in [6, 6.07) is 7.29. The van der Waals surface area contributed by atoms with Crippen LogP contribution in [0.2, 0.25) is 5.15 Å². The second-order valence-electron chi connectivity index (χ2n) is 7.04. The van der Waals surface area contributed by atoms with Crippen LogP contribution in [0.15, 0.2) is 36.7 Å². The summed E-state index contributed by atoms with van der Waals surface area (Å²) in [5, 5.41) is 3.74. The highest BCUT2D eigenvalue weighted by Gasteiger charge is 2.30. The number of pyridine rings is 2. The minimum atomic E-state index is -0.0616. The summed E-state index contributed by atoms with van der Waals surface area (Å²) in [5.41, 5.74) is 1.53. The molecule has 0 saturated carbocycles. The Labute approximate surface area is 169 Å². The molecular formula is C20H24ClN5O2. The quantitative estimate of drug-likeness (QED) is 0.779. The molecule has 3 rings (SSSR count). The minimum Gasteiger partial charge on any atom is -0.363 e. The number of anilines is 1. The first-order valence-electron chi connectivity index (χ1n) is 9.22. The smallest absolute Gasteiger partial charge is 0.255 e. The average Bonchev–Trinajstić information content (AvgIpc) is 3.18. The molecule has 0 spiro atoms. The van der Waals surface area contributed by atoms with E-state index in [-0.39, 0.29) is 23.9 Å². The molecule has 8 heteroatoms. The number of hydrogen-bond acceptors (Lipinski definition) is 5. The molecule has 3 heterocycles. The van der Waals surface area contributed by atoms with Crippen molar-refractivity contribution in [1.29, 1.82) is 0 Å². The van der Waals surface area contributed by atoms with E-state index in [1.165, 1.54) is 0 Å². The fourth-order valence-electron chi connectivity index (χ4n) is 3.24. The van der Waals surface area contributed by atoms with Crippen molar-refractivity contribution in [3.63, 3.8) is 0 Å². The van der Waals surface area contributed by atoms with E-state index in [1.54, 1.807) is 54.4 Å². The van der Waals surface area contributed by atoms with Gasteiger partial charge in [0.05, 0.1) is 17.6 Å². The van der Waals surface area contributed by atoms with Crippen LogP contribution in [0.25, 0.3) is 0 Å². The number of nitrogens with one attached hydrogen (secondary N) is 1. The van der Waals surface area contributed by atoms with Gasteiger partial charge in [0, 0.05) is 39.5 Å². The van der Waals surface area contributed by atoms with Gasteiger partial charge < -0.3 is 15.1 Å². The van der Waals surface area contributed by atoms with Crippen molar-refractivity contribution in [2.75, 3.05) is 25.5 Å². The number of aromatic nitrogens is 2. The highest BCUT2D eigenvalue weighted by Crippen LogP contribution is 2.20. The molecule has 0 radical (unpaired) electrons. The zero-order valence-electron chi connectivity index (χ0n) is 16.2. The van der Waals surface area contributed by atoms with Crippen LogP contribution in [-0.4, -0.2) is 57.8 Å². The molecule has 2 amide bonds. The lowest BCUT2D eigenvalue weighted by Gasteiger charge is -2.23. The maximum absolute atomic E-state index is 12.7. The van der Waals surface area contributed by atoms with Crippen molar-refractivity contribution in [3.05, 3.63) is 52.9 Å². The molecular weight excluding hydrogens is 378 g/mol. The summed E-state index contributed by atoms with van der Waals surface area (Å²) in [5.74, 6) is 0.629. The van der Waals surface area contributed by atoms with Crippen molar-refractivity contribution in [3.8, 4) is 0 Å². The van der Waals surface area contributed by atoms with E-state index in [0.29, 0.717) is 29.6 Å². The maximum Gasteiger partial charge on any atom is 0.255 e. The molecule has 7 nitrogen and oxygen atoms in total.